The summed E-state index contributed by atoms with van der Waals surface area (Å²) in [6, 6.07) is 6.41. The Hall–Kier alpha value is -0.780. The van der Waals surface area contributed by atoms with Gasteiger partial charge in [-0.1, -0.05) is 18.2 Å². The standard InChI is InChI=1S/C9H11ClO4S/c10-15(13,14)6-8(11)5-7-3-1-2-4-9(7)12/h1-4,8,11-12H,5-6H2. The summed E-state index contributed by atoms with van der Waals surface area (Å²) in [5.41, 5.74) is 0.491. The average molecular weight is 251 g/mol. The lowest BCUT2D eigenvalue weighted by atomic mass is 10.1. The molecule has 0 spiro atoms. The molecule has 1 aromatic carbocycles. The summed E-state index contributed by atoms with van der Waals surface area (Å²) < 4.78 is 21.3. The average Bonchev–Trinajstić information content (AvgIpc) is 2.05. The molecule has 0 aromatic heterocycles. The van der Waals surface area contributed by atoms with Crippen molar-refractivity contribution in [2.45, 2.75) is 12.5 Å². The van der Waals surface area contributed by atoms with Crippen LogP contribution in [-0.4, -0.2) is 30.5 Å². The number of aliphatic hydroxyl groups is 1. The van der Waals surface area contributed by atoms with Crippen molar-refractivity contribution in [1.82, 2.24) is 0 Å². The van der Waals surface area contributed by atoms with Gasteiger partial charge in [0.25, 0.3) is 0 Å². The van der Waals surface area contributed by atoms with Gasteiger partial charge in [0.05, 0.1) is 11.9 Å². The van der Waals surface area contributed by atoms with Crippen molar-refractivity contribution >= 4 is 19.7 Å². The Morgan fingerprint density at radius 2 is 1.93 bits per heavy atom. The molecular formula is C9H11ClO4S. The lowest BCUT2D eigenvalue weighted by molar-refractivity contribution is 0.197. The second-order valence-corrected chi connectivity index (χ2v) is 6.01. The highest BCUT2D eigenvalue weighted by atomic mass is 35.7. The molecule has 0 radical (unpaired) electrons. The summed E-state index contributed by atoms with van der Waals surface area (Å²) in [7, 11) is 1.27. The van der Waals surface area contributed by atoms with Crippen LogP contribution >= 0.6 is 10.7 Å². The number of para-hydroxylation sites is 1. The zero-order valence-electron chi connectivity index (χ0n) is 7.80. The number of hydrogen-bond acceptors (Lipinski definition) is 4. The molecule has 0 heterocycles. The Kier molecular flexibility index (Phi) is 3.96. The number of phenols is 1. The maximum Gasteiger partial charge on any atom is 0.235 e. The van der Waals surface area contributed by atoms with Crippen LogP contribution in [0.4, 0.5) is 0 Å². The molecule has 84 valence electrons. The number of halogens is 1. The van der Waals surface area contributed by atoms with Crippen LogP contribution in [0.25, 0.3) is 0 Å². The van der Waals surface area contributed by atoms with E-state index >= 15 is 0 Å². The van der Waals surface area contributed by atoms with E-state index in [-0.39, 0.29) is 12.2 Å². The van der Waals surface area contributed by atoms with Crippen LogP contribution in [0, 0.1) is 0 Å². The minimum absolute atomic E-state index is 0.0310. The first-order valence-corrected chi connectivity index (χ1v) is 6.73. The number of phenolic OH excluding ortho intramolecular Hbond substituents is 1. The van der Waals surface area contributed by atoms with Crippen molar-refractivity contribution in [3.63, 3.8) is 0 Å². The number of aliphatic hydroxyl groups excluding tert-OH is 1. The predicted octanol–water partition coefficient (Wildman–Crippen LogP) is 0.864. The lowest BCUT2D eigenvalue weighted by Crippen LogP contribution is -2.19. The Bertz CT molecular complexity index is 429. The molecular weight excluding hydrogens is 240 g/mol. The van der Waals surface area contributed by atoms with Gasteiger partial charge in [-0.15, -0.1) is 0 Å². The topological polar surface area (TPSA) is 74.6 Å². The molecule has 4 nitrogen and oxygen atoms in total. The molecule has 0 fully saturated rings. The lowest BCUT2D eigenvalue weighted by Gasteiger charge is -2.09. The van der Waals surface area contributed by atoms with Crippen LogP contribution in [-0.2, 0) is 15.5 Å². The van der Waals surface area contributed by atoms with E-state index < -0.39 is 20.9 Å². The van der Waals surface area contributed by atoms with Crippen molar-refractivity contribution in [3.8, 4) is 5.75 Å². The van der Waals surface area contributed by atoms with Gasteiger partial charge in [0.1, 0.15) is 5.75 Å². The molecule has 0 amide bonds. The SMILES string of the molecule is O=S(=O)(Cl)CC(O)Cc1ccccc1O. The normalized spacial score (nSPS) is 13.7. The first kappa shape index (κ1) is 12.3. The van der Waals surface area contributed by atoms with Crippen molar-refractivity contribution < 1.29 is 18.6 Å². The molecule has 1 atom stereocenters. The molecule has 1 unspecified atom stereocenters. The van der Waals surface area contributed by atoms with Crippen LogP contribution in [0.2, 0.25) is 0 Å². The number of aromatic hydroxyl groups is 1. The van der Waals surface area contributed by atoms with Crippen LogP contribution in [0.3, 0.4) is 0 Å². The number of hydrogen-bond donors (Lipinski definition) is 2. The Morgan fingerprint density at radius 1 is 1.33 bits per heavy atom. The second kappa shape index (κ2) is 4.83. The first-order valence-electron chi connectivity index (χ1n) is 4.26. The third kappa shape index (κ3) is 4.51. The summed E-state index contributed by atoms with van der Waals surface area (Å²) in [4.78, 5) is 0. The van der Waals surface area contributed by atoms with Gasteiger partial charge >= 0.3 is 0 Å². The summed E-state index contributed by atoms with van der Waals surface area (Å²) in [5.74, 6) is -0.494. The van der Waals surface area contributed by atoms with E-state index in [0.717, 1.165) is 0 Å². The Labute approximate surface area is 92.5 Å². The van der Waals surface area contributed by atoms with E-state index in [2.05, 4.69) is 0 Å². The van der Waals surface area contributed by atoms with E-state index in [4.69, 9.17) is 10.7 Å². The molecule has 0 aliphatic carbocycles. The molecule has 15 heavy (non-hydrogen) atoms. The fourth-order valence-corrected chi connectivity index (χ4v) is 2.24. The summed E-state index contributed by atoms with van der Waals surface area (Å²) >= 11 is 0. The molecule has 0 saturated heterocycles. The van der Waals surface area contributed by atoms with E-state index in [1.807, 2.05) is 0 Å². The smallest absolute Gasteiger partial charge is 0.235 e. The van der Waals surface area contributed by atoms with Crippen LogP contribution in [0.5, 0.6) is 5.75 Å². The zero-order chi connectivity index (χ0) is 11.5. The highest BCUT2D eigenvalue weighted by Crippen LogP contribution is 2.18. The van der Waals surface area contributed by atoms with E-state index in [9.17, 15) is 18.6 Å². The van der Waals surface area contributed by atoms with Gasteiger partial charge in [-0.25, -0.2) is 8.42 Å². The minimum Gasteiger partial charge on any atom is -0.508 e. The van der Waals surface area contributed by atoms with Gasteiger partial charge < -0.3 is 10.2 Å². The zero-order valence-corrected chi connectivity index (χ0v) is 9.37. The van der Waals surface area contributed by atoms with Crippen LogP contribution in [0.1, 0.15) is 5.56 Å². The Balaban J connectivity index is 2.67. The highest BCUT2D eigenvalue weighted by Gasteiger charge is 2.15. The van der Waals surface area contributed by atoms with Gasteiger partial charge in [-0.05, 0) is 11.6 Å². The molecule has 0 aliphatic rings. The summed E-state index contributed by atoms with van der Waals surface area (Å²) in [6.07, 6.45) is -1.06. The maximum atomic E-state index is 10.7. The van der Waals surface area contributed by atoms with Gasteiger partial charge in [-0.3, -0.25) is 0 Å². The van der Waals surface area contributed by atoms with Crippen molar-refractivity contribution in [2.24, 2.45) is 0 Å². The van der Waals surface area contributed by atoms with Gasteiger partial charge in [0.2, 0.25) is 9.05 Å². The van der Waals surface area contributed by atoms with E-state index in [0.29, 0.717) is 5.56 Å². The van der Waals surface area contributed by atoms with Gasteiger partial charge in [0, 0.05) is 17.1 Å². The largest absolute Gasteiger partial charge is 0.508 e. The summed E-state index contributed by atoms with van der Waals surface area (Å²) in [5, 5.41) is 18.8. The second-order valence-electron chi connectivity index (χ2n) is 3.19. The maximum absolute atomic E-state index is 10.7. The van der Waals surface area contributed by atoms with Gasteiger partial charge in [-0.2, -0.15) is 0 Å². The highest BCUT2D eigenvalue weighted by molar-refractivity contribution is 8.13. The summed E-state index contributed by atoms with van der Waals surface area (Å²) in [6.45, 7) is 0. The first-order chi connectivity index (χ1) is 6.88. The molecule has 1 rings (SSSR count). The fraction of sp³-hybridized carbons (Fsp3) is 0.333. The number of rotatable bonds is 4. The van der Waals surface area contributed by atoms with E-state index in [1.54, 1.807) is 18.2 Å². The van der Waals surface area contributed by atoms with Crippen molar-refractivity contribution in [1.29, 1.82) is 0 Å². The third-order valence-corrected chi connectivity index (χ3v) is 3.00. The molecule has 2 N–H and O–H groups in total. The number of benzene rings is 1. The van der Waals surface area contributed by atoms with Crippen molar-refractivity contribution in [3.05, 3.63) is 29.8 Å². The quantitative estimate of drug-likeness (QED) is 0.778. The van der Waals surface area contributed by atoms with Gasteiger partial charge in [0.15, 0.2) is 0 Å². The predicted molar refractivity (Wildman–Crippen MR) is 57.5 cm³/mol. The fourth-order valence-electron chi connectivity index (χ4n) is 1.23. The minimum atomic E-state index is -3.72. The molecule has 0 saturated carbocycles. The van der Waals surface area contributed by atoms with Crippen LogP contribution < -0.4 is 0 Å². The monoisotopic (exact) mass is 250 g/mol. The molecule has 6 heteroatoms. The molecule has 1 aromatic rings. The molecule has 0 aliphatic heterocycles. The third-order valence-electron chi connectivity index (χ3n) is 1.84. The van der Waals surface area contributed by atoms with E-state index in [1.165, 1.54) is 6.07 Å². The molecule has 0 bridgehead atoms. The van der Waals surface area contributed by atoms with Crippen molar-refractivity contribution in [2.75, 3.05) is 5.75 Å². The van der Waals surface area contributed by atoms with Crippen LogP contribution in [0.15, 0.2) is 24.3 Å². The Morgan fingerprint density at radius 3 is 2.47 bits per heavy atom.